The van der Waals surface area contributed by atoms with Gasteiger partial charge < -0.3 is 4.74 Å². The molecule has 0 fully saturated rings. The van der Waals surface area contributed by atoms with E-state index in [4.69, 9.17) is 11.6 Å². The van der Waals surface area contributed by atoms with Gasteiger partial charge in [0, 0.05) is 6.42 Å². The summed E-state index contributed by atoms with van der Waals surface area (Å²) >= 11 is 5.61. The first kappa shape index (κ1) is 13.4. The van der Waals surface area contributed by atoms with Crippen molar-refractivity contribution >= 4 is 29.1 Å². The highest BCUT2D eigenvalue weighted by atomic mass is 35.5. The van der Waals surface area contributed by atoms with E-state index in [1.807, 2.05) is 6.07 Å². The smallest absolute Gasteiger partial charge is 0.376 e. The van der Waals surface area contributed by atoms with Gasteiger partial charge in [-0.15, -0.1) is 11.6 Å². The molecule has 0 radical (unpaired) electrons. The third kappa shape index (κ3) is 3.67. The molecule has 1 atom stereocenters. The van der Waals surface area contributed by atoms with Gasteiger partial charge in [0.2, 0.25) is 0 Å². The first-order chi connectivity index (χ1) is 8.06. The molecule has 0 spiro atoms. The van der Waals surface area contributed by atoms with Crippen molar-refractivity contribution in [3.8, 4) is 0 Å². The van der Waals surface area contributed by atoms with E-state index < -0.39 is 22.9 Å². The maximum Gasteiger partial charge on any atom is 0.376 e. The number of ether oxygens (including phenoxy) is 1. The second-order valence-electron chi connectivity index (χ2n) is 3.35. The zero-order chi connectivity index (χ0) is 12.8. The standard InChI is InChI=1S/C12H11ClO4/c1-17-12(16)11(15)10(13)9(14)7-8-5-3-2-4-6-8/h2-6,10H,7H2,1H3/t10-/m1/s1. The van der Waals surface area contributed by atoms with E-state index >= 15 is 0 Å². The van der Waals surface area contributed by atoms with Gasteiger partial charge in [-0.25, -0.2) is 4.79 Å². The first-order valence-electron chi connectivity index (χ1n) is 4.89. The largest absolute Gasteiger partial charge is 0.463 e. The molecule has 0 amide bonds. The third-order valence-corrected chi connectivity index (χ3v) is 2.56. The number of esters is 1. The van der Waals surface area contributed by atoms with E-state index in [1.54, 1.807) is 24.3 Å². The van der Waals surface area contributed by atoms with Crippen LogP contribution in [-0.2, 0) is 25.5 Å². The average molecular weight is 255 g/mol. The Hall–Kier alpha value is -1.68. The summed E-state index contributed by atoms with van der Waals surface area (Å²) in [4.78, 5) is 33.8. The Kier molecular flexibility index (Phi) is 4.84. The van der Waals surface area contributed by atoms with Crippen LogP contribution in [-0.4, -0.2) is 30.0 Å². The number of methoxy groups -OCH3 is 1. The molecule has 1 aromatic rings. The highest BCUT2D eigenvalue weighted by molar-refractivity contribution is 6.54. The van der Waals surface area contributed by atoms with Crippen molar-refractivity contribution < 1.29 is 19.1 Å². The van der Waals surface area contributed by atoms with E-state index in [9.17, 15) is 14.4 Å². The van der Waals surface area contributed by atoms with Crippen LogP contribution >= 0.6 is 11.6 Å². The van der Waals surface area contributed by atoms with Crippen LogP contribution in [0.25, 0.3) is 0 Å². The van der Waals surface area contributed by atoms with Crippen LogP contribution in [0.15, 0.2) is 30.3 Å². The minimum Gasteiger partial charge on any atom is -0.463 e. The quantitative estimate of drug-likeness (QED) is 0.342. The molecule has 0 N–H and O–H groups in total. The lowest BCUT2D eigenvalue weighted by Gasteiger charge is -2.06. The fourth-order valence-electron chi connectivity index (χ4n) is 1.24. The molecule has 0 aliphatic carbocycles. The van der Waals surface area contributed by atoms with Crippen LogP contribution < -0.4 is 0 Å². The number of rotatable bonds is 5. The molecule has 1 rings (SSSR count). The summed E-state index contributed by atoms with van der Waals surface area (Å²) < 4.78 is 4.21. The summed E-state index contributed by atoms with van der Waals surface area (Å²) in [6.07, 6.45) is 0.0116. The van der Waals surface area contributed by atoms with Gasteiger partial charge in [0.1, 0.15) is 0 Å². The summed E-state index contributed by atoms with van der Waals surface area (Å²) in [6.45, 7) is 0. The summed E-state index contributed by atoms with van der Waals surface area (Å²) in [5.41, 5.74) is 0.737. The van der Waals surface area contributed by atoms with Gasteiger partial charge in [-0.05, 0) is 5.56 Å². The third-order valence-electron chi connectivity index (χ3n) is 2.12. The molecular formula is C12H11ClO4. The number of Topliss-reactive ketones (excluding diaryl/α,β-unsaturated/α-hetero) is 2. The van der Waals surface area contributed by atoms with Crippen LogP contribution in [0, 0.1) is 0 Å². The minimum atomic E-state index is -1.48. The number of carbonyl (C=O) groups excluding carboxylic acids is 3. The molecule has 0 heterocycles. The van der Waals surface area contributed by atoms with Gasteiger partial charge >= 0.3 is 5.97 Å². The first-order valence-corrected chi connectivity index (χ1v) is 5.32. The van der Waals surface area contributed by atoms with Gasteiger partial charge in [-0.1, -0.05) is 30.3 Å². The number of halogens is 1. The molecule has 0 aromatic heterocycles. The van der Waals surface area contributed by atoms with E-state index in [0.717, 1.165) is 12.7 Å². The average Bonchev–Trinajstić information content (AvgIpc) is 2.37. The Balaban J connectivity index is 2.65. The van der Waals surface area contributed by atoms with Crippen molar-refractivity contribution in [3.05, 3.63) is 35.9 Å². The predicted molar refractivity (Wildman–Crippen MR) is 61.8 cm³/mol. The lowest BCUT2D eigenvalue weighted by atomic mass is 10.1. The molecule has 0 bridgehead atoms. The van der Waals surface area contributed by atoms with Gasteiger partial charge in [-0.3, -0.25) is 9.59 Å². The molecule has 0 unspecified atom stereocenters. The van der Waals surface area contributed by atoms with Crippen LogP contribution in [0.2, 0.25) is 0 Å². The van der Waals surface area contributed by atoms with Crippen LogP contribution in [0.3, 0.4) is 0 Å². The van der Waals surface area contributed by atoms with Gasteiger partial charge in [0.05, 0.1) is 7.11 Å². The van der Waals surface area contributed by atoms with E-state index in [0.29, 0.717) is 0 Å². The zero-order valence-electron chi connectivity index (χ0n) is 9.18. The monoisotopic (exact) mass is 254 g/mol. The highest BCUT2D eigenvalue weighted by Gasteiger charge is 2.29. The molecule has 0 aliphatic rings. The fraction of sp³-hybridized carbons (Fsp3) is 0.250. The van der Waals surface area contributed by atoms with Crippen molar-refractivity contribution in [2.75, 3.05) is 7.11 Å². The topological polar surface area (TPSA) is 60.4 Å². The Morgan fingerprint density at radius 1 is 1.24 bits per heavy atom. The highest BCUT2D eigenvalue weighted by Crippen LogP contribution is 2.07. The molecule has 1 aromatic carbocycles. The zero-order valence-corrected chi connectivity index (χ0v) is 9.94. The molecule has 90 valence electrons. The van der Waals surface area contributed by atoms with Crippen LogP contribution in [0.1, 0.15) is 5.56 Å². The predicted octanol–water partition coefficient (Wildman–Crippen LogP) is 1.15. The van der Waals surface area contributed by atoms with Crippen LogP contribution in [0.4, 0.5) is 0 Å². The number of hydrogen-bond donors (Lipinski definition) is 0. The number of ketones is 2. The summed E-state index contributed by atoms with van der Waals surface area (Å²) in [5, 5.41) is -1.48. The second-order valence-corrected chi connectivity index (χ2v) is 3.78. The molecule has 4 nitrogen and oxygen atoms in total. The van der Waals surface area contributed by atoms with Gasteiger partial charge in [-0.2, -0.15) is 0 Å². The Bertz CT molecular complexity index is 427. The number of alkyl halides is 1. The summed E-state index contributed by atoms with van der Waals surface area (Å²) in [5.74, 6) is -2.66. The van der Waals surface area contributed by atoms with E-state index in [1.165, 1.54) is 0 Å². The van der Waals surface area contributed by atoms with Gasteiger partial charge in [0.15, 0.2) is 11.2 Å². The second kappa shape index (κ2) is 6.15. The lowest BCUT2D eigenvalue weighted by molar-refractivity contribution is -0.152. The molecule has 0 saturated heterocycles. The van der Waals surface area contributed by atoms with Gasteiger partial charge in [0.25, 0.3) is 5.78 Å². The van der Waals surface area contributed by atoms with Crippen molar-refractivity contribution in [2.45, 2.75) is 11.8 Å². The summed E-state index contributed by atoms with van der Waals surface area (Å²) in [7, 11) is 1.06. The van der Waals surface area contributed by atoms with Crippen molar-refractivity contribution in [3.63, 3.8) is 0 Å². The summed E-state index contributed by atoms with van der Waals surface area (Å²) in [6, 6.07) is 8.84. The van der Waals surface area contributed by atoms with Crippen LogP contribution in [0.5, 0.6) is 0 Å². The number of hydrogen-bond acceptors (Lipinski definition) is 4. The molecule has 17 heavy (non-hydrogen) atoms. The van der Waals surface area contributed by atoms with Crippen molar-refractivity contribution in [2.24, 2.45) is 0 Å². The Labute approximate surface area is 104 Å². The van der Waals surface area contributed by atoms with Crippen molar-refractivity contribution in [1.29, 1.82) is 0 Å². The fourth-order valence-corrected chi connectivity index (χ4v) is 1.40. The molecule has 0 aliphatic heterocycles. The van der Waals surface area contributed by atoms with Crippen molar-refractivity contribution in [1.82, 2.24) is 0 Å². The maximum absolute atomic E-state index is 11.6. The Morgan fingerprint density at radius 3 is 2.35 bits per heavy atom. The maximum atomic E-state index is 11.6. The number of benzene rings is 1. The minimum absolute atomic E-state index is 0.0116. The van der Waals surface area contributed by atoms with E-state index in [-0.39, 0.29) is 6.42 Å². The molecule has 5 heteroatoms. The normalized spacial score (nSPS) is 11.6. The molecular weight excluding hydrogens is 244 g/mol. The SMILES string of the molecule is COC(=O)C(=O)[C@H](Cl)C(=O)Cc1ccccc1. The lowest BCUT2D eigenvalue weighted by Crippen LogP contribution is -2.32. The molecule has 0 saturated carbocycles. The number of carbonyl (C=O) groups is 3. The van der Waals surface area contributed by atoms with E-state index in [2.05, 4.69) is 4.74 Å². The Morgan fingerprint density at radius 2 is 1.82 bits per heavy atom.